The maximum absolute atomic E-state index is 14.8. The summed E-state index contributed by atoms with van der Waals surface area (Å²) >= 11 is 0. The van der Waals surface area contributed by atoms with Crippen molar-refractivity contribution < 1.29 is 27.0 Å². The van der Waals surface area contributed by atoms with Crippen molar-refractivity contribution in [3.8, 4) is 22.3 Å². The second kappa shape index (κ2) is 9.84. The van der Waals surface area contributed by atoms with Crippen LogP contribution in [-0.2, 0) is 16.1 Å². The molecule has 0 unspecified atom stereocenters. The summed E-state index contributed by atoms with van der Waals surface area (Å²) in [5.41, 5.74) is 1.69. The SMILES string of the molecule is CCCC1COC(c2ccc(-c3ccc(-c4cc(F)c(CF)c(F)c4)c(F)c3)cc2)OC1. The van der Waals surface area contributed by atoms with E-state index in [0.717, 1.165) is 36.1 Å². The van der Waals surface area contributed by atoms with Crippen molar-refractivity contribution >= 4 is 0 Å². The third-order valence-corrected chi connectivity index (χ3v) is 5.73. The number of halogens is 4. The van der Waals surface area contributed by atoms with E-state index in [9.17, 15) is 17.6 Å². The molecule has 1 aliphatic heterocycles. The third-order valence-electron chi connectivity index (χ3n) is 5.73. The number of hydrogen-bond donors (Lipinski definition) is 0. The monoisotopic (exact) mass is 444 g/mol. The fourth-order valence-corrected chi connectivity index (χ4v) is 3.96. The minimum atomic E-state index is -1.26. The van der Waals surface area contributed by atoms with Gasteiger partial charge in [0.2, 0.25) is 0 Å². The summed E-state index contributed by atoms with van der Waals surface area (Å²) in [5.74, 6) is -2.27. The van der Waals surface area contributed by atoms with E-state index in [2.05, 4.69) is 6.92 Å². The number of hydrogen-bond acceptors (Lipinski definition) is 2. The zero-order valence-corrected chi connectivity index (χ0v) is 17.7. The second-order valence-corrected chi connectivity index (χ2v) is 8.02. The van der Waals surface area contributed by atoms with Crippen molar-refractivity contribution in [2.45, 2.75) is 32.7 Å². The Bertz CT molecular complexity index is 1050. The molecule has 0 bridgehead atoms. The first-order valence-corrected chi connectivity index (χ1v) is 10.7. The Balaban J connectivity index is 1.51. The molecule has 1 saturated heterocycles. The maximum Gasteiger partial charge on any atom is 0.183 e. The average molecular weight is 444 g/mol. The zero-order chi connectivity index (χ0) is 22.7. The lowest BCUT2D eigenvalue weighted by Crippen LogP contribution is -2.26. The standard InChI is InChI=1S/C26H24F4O2/c1-2-3-16-14-31-26(32-15-16)18-6-4-17(5-7-18)19-8-9-21(23(28)10-19)20-11-24(29)22(13-27)25(30)12-20/h4-12,16,26H,2-3,13-15H2,1H3. The van der Waals surface area contributed by atoms with Crippen molar-refractivity contribution in [2.75, 3.05) is 13.2 Å². The molecule has 0 saturated carbocycles. The van der Waals surface area contributed by atoms with Crippen molar-refractivity contribution in [1.82, 2.24) is 0 Å². The van der Waals surface area contributed by atoms with Gasteiger partial charge >= 0.3 is 0 Å². The van der Waals surface area contributed by atoms with Crippen LogP contribution in [0.2, 0.25) is 0 Å². The molecule has 0 atom stereocenters. The minimum Gasteiger partial charge on any atom is -0.348 e. The molecule has 0 radical (unpaired) electrons. The van der Waals surface area contributed by atoms with Crippen LogP contribution in [0.15, 0.2) is 54.6 Å². The molecule has 0 aliphatic carbocycles. The van der Waals surface area contributed by atoms with Crippen LogP contribution in [0.3, 0.4) is 0 Å². The van der Waals surface area contributed by atoms with E-state index in [1.54, 1.807) is 6.07 Å². The molecule has 4 rings (SSSR count). The summed E-state index contributed by atoms with van der Waals surface area (Å²) in [6, 6.07) is 13.8. The summed E-state index contributed by atoms with van der Waals surface area (Å²) in [7, 11) is 0. The van der Waals surface area contributed by atoms with Crippen LogP contribution >= 0.6 is 0 Å². The van der Waals surface area contributed by atoms with Crippen LogP contribution in [0.4, 0.5) is 17.6 Å². The van der Waals surface area contributed by atoms with Crippen molar-refractivity contribution in [2.24, 2.45) is 5.92 Å². The summed E-state index contributed by atoms with van der Waals surface area (Å²) < 4.78 is 67.0. The molecular weight excluding hydrogens is 420 g/mol. The highest BCUT2D eigenvalue weighted by molar-refractivity contribution is 5.71. The molecule has 0 spiro atoms. The van der Waals surface area contributed by atoms with Crippen LogP contribution in [0.25, 0.3) is 22.3 Å². The molecular formula is C26H24F4O2. The van der Waals surface area contributed by atoms with Gasteiger partial charge in [0.25, 0.3) is 0 Å². The van der Waals surface area contributed by atoms with E-state index in [-0.39, 0.29) is 11.1 Å². The Morgan fingerprint density at radius 2 is 1.38 bits per heavy atom. The molecule has 2 nitrogen and oxygen atoms in total. The Kier molecular flexibility index (Phi) is 6.92. The Morgan fingerprint density at radius 1 is 0.781 bits per heavy atom. The van der Waals surface area contributed by atoms with Gasteiger partial charge in [-0.1, -0.05) is 49.7 Å². The molecule has 3 aromatic rings. The minimum absolute atomic E-state index is 0.0181. The van der Waals surface area contributed by atoms with Crippen LogP contribution in [0.5, 0.6) is 0 Å². The van der Waals surface area contributed by atoms with E-state index in [0.29, 0.717) is 24.7 Å². The number of benzene rings is 3. The number of rotatable bonds is 6. The number of alkyl halides is 1. The van der Waals surface area contributed by atoms with Gasteiger partial charge in [-0.3, -0.25) is 0 Å². The van der Waals surface area contributed by atoms with E-state index in [1.165, 1.54) is 12.1 Å². The predicted octanol–water partition coefficient (Wildman–Crippen LogP) is 7.37. The number of ether oxygens (including phenoxy) is 2. The summed E-state index contributed by atoms with van der Waals surface area (Å²) in [5, 5.41) is 0. The van der Waals surface area contributed by atoms with Gasteiger partial charge in [-0.25, -0.2) is 17.6 Å². The predicted molar refractivity (Wildman–Crippen MR) is 115 cm³/mol. The first-order valence-electron chi connectivity index (χ1n) is 10.7. The van der Waals surface area contributed by atoms with Gasteiger partial charge in [-0.05, 0) is 41.3 Å². The fourth-order valence-electron chi connectivity index (χ4n) is 3.96. The van der Waals surface area contributed by atoms with Gasteiger partial charge in [-0.15, -0.1) is 0 Å². The topological polar surface area (TPSA) is 18.5 Å². The highest BCUT2D eigenvalue weighted by atomic mass is 19.1. The quantitative estimate of drug-likeness (QED) is 0.370. The van der Waals surface area contributed by atoms with Crippen molar-refractivity contribution in [1.29, 1.82) is 0 Å². The molecule has 32 heavy (non-hydrogen) atoms. The lowest BCUT2D eigenvalue weighted by Gasteiger charge is -2.29. The van der Waals surface area contributed by atoms with Crippen LogP contribution < -0.4 is 0 Å². The summed E-state index contributed by atoms with van der Waals surface area (Å²) in [6.07, 6.45) is 1.76. The first kappa shape index (κ1) is 22.5. The van der Waals surface area contributed by atoms with Crippen LogP contribution in [0, 0.1) is 23.4 Å². The van der Waals surface area contributed by atoms with E-state index >= 15 is 0 Å². The highest BCUT2D eigenvalue weighted by Crippen LogP contribution is 2.32. The fraction of sp³-hybridized carbons (Fsp3) is 0.308. The zero-order valence-electron chi connectivity index (χ0n) is 17.7. The first-order chi connectivity index (χ1) is 15.5. The molecule has 0 N–H and O–H groups in total. The second-order valence-electron chi connectivity index (χ2n) is 8.02. The van der Waals surface area contributed by atoms with Gasteiger partial charge in [-0.2, -0.15) is 0 Å². The van der Waals surface area contributed by atoms with Crippen molar-refractivity contribution in [3.63, 3.8) is 0 Å². The van der Waals surface area contributed by atoms with Gasteiger partial charge in [0.15, 0.2) is 6.29 Å². The molecule has 6 heteroatoms. The lowest BCUT2D eigenvalue weighted by molar-refractivity contribution is -0.206. The molecule has 1 aliphatic rings. The lowest BCUT2D eigenvalue weighted by atomic mass is 9.98. The maximum atomic E-state index is 14.8. The summed E-state index contributed by atoms with van der Waals surface area (Å²) in [6.45, 7) is 2.21. The largest absolute Gasteiger partial charge is 0.348 e. The normalized spacial score (nSPS) is 18.7. The van der Waals surface area contributed by atoms with Gasteiger partial charge in [0.05, 0.1) is 18.8 Å². The molecule has 0 amide bonds. The third kappa shape index (κ3) is 4.71. The molecule has 3 aromatic carbocycles. The van der Waals surface area contributed by atoms with E-state index in [4.69, 9.17) is 9.47 Å². The Morgan fingerprint density at radius 3 is 1.94 bits per heavy atom. The summed E-state index contributed by atoms with van der Waals surface area (Å²) in [4.78, 5) is 0. The molecule has 1 fully saturated rings. The smallest absolute Gasteiger partial charge is 0.183 e. The van der Waals surface area contributed by atoms with Gasteiger partial charge in [0.1, 0.15) is 24.1 Å². The molecule has 0 aromatic heterocycles. The Labute approximate surface area is 184 Å². The van der Waals surface area contributed by atoms with E-state index < -0.39 is 36.0 Å². The van der Waals surface area contributed by atoms with Gasteiger partial charge < -0.3 is 9.47 Å². The highest BCUT2D eigenvalue weighted by Gasteiger charge is 2.23. The van der Waals surface area contributed by atoms with Gasteiger partial charge in [0, 0.05) is 17.0 Å². The van der Waals surface area contributed by atoms with Crippen LogP contribution in [-0.4, -0.2) is 13.2 Å². The molecule has 168 valence electrons. The average Bonchev–Trinajstić information content (AvgIpc) is 2.80. The van der Waals surface area contributed by atoms with Crippen LogP contribution in [0.1, 0.15) is 37.2 Å². The van der Waals surface area contributed by atoms with E-state index in [1.807, 2.05) is 24.3 Å². The Hall–Kier alpha value is -2.70. The molecule has 1 heterocycles. The van der Waals surface area contributed by atoms with Crippen molar-refractivity contribution in [3.05, 3.63) is 83.2 Å².